The number of nitrogens with zero attached hydrogens (tertiary/aromatic N) is 4. The van der Waals surface area contributed by atoms with Gasteiger partial charge in [-0.2, -0.15) is 5.10 Å². The second-order valence-electron chi connectivity index (χ2n) is 7.32. The van der Waals surface area contributed by atoms with Crippen molar-refractivity contribution in [2.75, 3.05) is 19.7 Å². The molecular weight excluding hydrogens is 366 g/mol. The molecule has 0 unspecified atom stereocenters. The number of likely N-dealkylation sites (tertiary alicyclic amines) is 1. The van der Waals surface area contributed by atoms with Crippen LogP contribution in [0.25, 0.3) is 22.5 Å². The van der Waals surface area contributed by atoms with Crippen LogP contribution in [-0.2, 0) is 11.2 Å². The van der Waals surface area contributed by atoms with Gasteiger partial charge in [0.2, 0.25) is 5.91 Å². The Labute approximate surface area is 169 Å². The van der Waals surface area contributed by atoms with Crippen LogP contribution in [0.1, 0.15) is 36.9 Å². The molecule has 0 atom stereocenters. The van der Waals surface area contributed by atoms with Crippen LogP contribution < -0.4 is 0 Å². The van der Waals surface area contributed by atoms with Crippen molar-refractivity contribution in [3.8, 4) is 22.5 Å². The summed E-state index contributed by atoms with van der Waals surface area (Å²) in [5.41, 5.74) is 6.11. The molecule has 0 radical (unpaired) electrons. The first-order valence-electron chi connectivity index (χ1n) is 10.0. The Hall–Kier alpha value is -3.06. The van der Waals surface area contributed by atoms with E-state index in [-0.39, 0.29) is 11.8 Å². The van der Waals surface area contributed by atoms with E-state index < -0.39 is 6.61 Å². The van der Waals surface area contributed by atoms with Crippen molar-refractivity contribution in [2.45, 2.75) is 32.1 Å². The molecule has 0 spiro atoms. The number of rotatable bonds is 5. The number of nitrogens with one attached hydrogen (secondary N) is 1. The average molecular weight is 391 g/mol. The Morgan fingerprint density at radius 2 is 1.97 bits per heavy atom. The molecule has 0 bridgehead atoms. The molecule has 2 N–H and O–H groups in total. The Morgan fingerprint density at radius 3 is 2.59 bits per heavy atom. The minimum absolute atomic E-state index is 0.208. The quantitative estimate of drug-likeness (QED) is 0.697. The van der Waals surface area contributed by atoms with Gasteiger partial charge in [0, 0.05) is 42.0 Å². The van der Waals surface area contributed by atoms with Gasteiger partial charge >= 0.3 is 0 Å². The van der Waals surface area contributed by atoms with E-state index in [1.807, 2.05) is 6.07 Å². The SMILES string of the molecule is CCc1ccc(-c2n[nH]c(C3CCN(C(=O)CO)CC3)c2-c2ccncn2)cc1. The fourth-order valence-electron chi connectivity index (χ4n) is 3.97. The second kappa shape index (κ2) is 8.53. The first-order chi connectivity index (χ1) is 14.2. The summed E-state index contributed by atoms with van der Waals surface area (Å²) in [4.78, 5) is 22.0. The minimum Gasteiger partial charge on any atom is -0.387 e. The van der Waals surface area contributed by atoms with Gasteiger partial charge in [-0.25, -0.2) is 9.97 Å². The molecule has 1 aliphatic rings. The van der Waals surface area contributed by atoms with E-state index in [1.54, 1.807) is 17.4 Å². The smallest absolute Gasteiger partial charge is 0.248 e. The number of aromatic amines is 1. The first-order valence-corrected chi connectivity index (χ1v) is 10.0. The zero-order valence-corrected chi connectivity index (χ0v) is 16.5. The topological polar surface area (TPSA) is 95.0 Å². The highest BCUT2D eigenvalue weighted by atomic mass is 16.3. The first kappa shape index (κ1) is 19.3. The van der Waals surface area contributed by atoms with Gasteiger partial charge in [-0.1, -0.05) is 31.2 Å². The van der Waals surface area contributed by atoms with Crippen molar-refractivity contribution in [3.05, 3.63) is 54.1 Å². The summed E-state index contributed by atoms with van der Waals surface area (Å²) in [6.45, 7) is 2.97. The third-order valence-electron chi connectivity index (χ3n) is 5.66. The van der Waals surface area contributed by atoms with Crippen LogP contribution in [0.4, 0.5) is 0 Å². The van der Waals surface area contributed by atoms with Gasteiger partial charge in [0.05, 0.1) is 5.69 Å². The van der Waals surface area contributed by atoms with E-state index in [0.29, 0.717) is 13.1 Å². The van der Waals surface area contributed by atoms with Crippen molar-refractivity contribution < 1.29 is 9.90 Å². The largest absolute Gasteiger partial charge is 0.387 e. The van der Waals surface area contributed by atoms with Gasteiger partial charge in [0.15, 0.2) is 0 Å². The predicted molar refractivity (Wildman–Crippen MR) is 110 cm³/mol. The number of piperidine rings is 1. The number of hydrogen-bond donors (Lipinski definition) is 2. The Morgan fingerprint density at radius 1 is 1.21 bits per heavy atom. The molecule has 0 saturated carbocycles. The molecule has 7 heteroatoms. The number of amides is 1. The number of aryl methyl sites for hydroxylation is 1. The summed E-state index contributed by atoms with van der Waals surface area (Å²) < 4.78 is 0. The number of aliphatic hydroxyl groups excluding tert-OH is 1. The van der Waals surface area contributed by atoms with Crippen LogP contribution in [0.2, 0.25) is 0 Å². The fourth-order valence-corrected chi connectivity index (χ4v) is 3.97. The lowest BCUT2D eigenvalue weighted by Crippen LogP contribution is -2.39. The second-order valence-corrected chi connectivity index (χ2v) is 7.32. The Balaban J connectivity index is 1.70. The molecule has 2 aromatic heterocycles. The van der Waals surface area contributed by atoms with Crippen molar-refractivity contribution >= 4 is 5.91 Å². The normalized spacial score (nSPS) is 14.9. The van der Waals surface area contributed by atoms with Crippen LogP contribution in [-0.4, -0.2) is 55.8 Å². The summed E-state index contributed by atoms with van der Waals surface area (Å²) in [6, 6.07) is 10.4. The van der Waals surface area contributed by atoms with Crippen LogP contribution in [0.15, 0.2) is 42.9 Å². The molecule has 1 saturated heterocycles. The van der Waals surface area contributed by atoms with E-state index >= 15 is 0 Å². The van der Waals surface area contributed by atoms with E-state index in [9.17, 15) is 4.79 Å². The van der Waals surface area contributed by atoms with E-state index in [2.05, 4.69) is 51.4 Å². The van der Waals surface area contributed by atoms with E-state index in [0.717, 1.165) is 47.5 Å². The highest BCUT2D eigenvalue weighted by molar-refractivity contribution is 5.81. The number of hydrogen-bond acceptors (Lipinski definition) is 5. The van der Waals surface area contributed by atoms with Gasteiger partial charge in [-0.05, 0) is 30.9 Å². The van der Waals surface area contributed by atoms with Crippen LogP contribution >= 0.6 is 0 Å². The molecule has 1 aromatic carbocycles. The molecule has 4 rings (SSSR count). The minimum atomic E-state index is -0.432. The number of carbonyl (C=O) groups excluding carboxylic acids is 1. The molecule has 150 valence electrons. The van der Waals surface area contributed by atoms with Crippen molar-refractivity contribution in [1.29, 1.82) is 0 Å². The molecule has 1 aliphatic heterocycles. The highest BCUT2D eigenvalue weighted by Gasteiger charge is 2.28. The Bertz CT molecular complexity index is 961. The number of H-pyrrole nitrogens is 1. The summed E-state index contributed by atoms with van der Waals surface area (Å²) in [6.07, 6.45) is 5.93. The maximum absolute atomic E-state index is 11.8. The number of carbonyl (C=O) groups is 1. The van der Waals surface area contributed by atoms with Gasteiger partial charge in [-0.15, -0.1) is 0 Å². The van der Waals surface area contributed by atoms with Crippen LogP contribution in [0.5, 0.6) is 0 Å². The van der Waals surface area contributed by atoms with Crippen molar-refractivity contribution in [3.63, 3.8) is 0 Å². The highest BCUT2D eigenvalue weighted by Crippen LogP contribution is 2.39. The molecule has 1 amide bonds. The van der Waals surface area contributed by atoms with Crippen LogP contribution in [0.3, 0.4) is 0 Å². The lowest BCUT2D eigenvalue weighted by Gasteiger charge is -2.31. The molecule has 0 aliphatic carbocycles. The van der Waals surface area contributed by atoms with Gasteiger partial charge < -0.3 is 10.0 Å². The molecule has 7 nitrogen and oxygen atoms in total. The maximum atomic E-state index is 11.8. The van der Waals surface area contributed by atoms with Gasteiger partial charge in [0.25, 0.3) is 0 Å². The molecule has 1 fully saturated rings. The molecular formula is C22H25N5O2. The number of aliphatic hydroxyl groups is 1. The molecule has 29 heavy (non-hydrogen) atoms. The van der Waals surface area contributed by atoms with E-state index in [1.165, 1.54) is 5.56 Å². The lowest BCUT2D eigenvalue weighted by atomic mass is 9.88. The molecule has 3 aromatic rings. The summed E-state index contributed by atoms with van der Waals surface area (Å²) >= 11 is 0. The zero-order valence-electron chi connectivity index (χ0n) is 16.5. The number of benzene rings is 1. The van der Waals surface area contributed by atoms with Crippen molar-refractivity contribution in [1.82, 2.24) is 25.1 Å². The summed E-state index contributed by atoms with van der Waals surface area (Å²) in [5.74, 6) is 0.0414. The maximum Gasteiger partial charge on any atom is 0.248 e. The monoisotopic (exact) mass is 391 g/mol. The molecule has 3 heterocycles. The third kappa shape index (κ3) is 3.91. The van der Waals surface area contributed by atoms with E-state index in [4.69, 9.17) is 5.11 Å². The van der Waals surface area contributed by atoms with Crippen molar-refractivity contribution in [2.24, 2.45) is 0 Å². The third-order valence-corrected chi connectivity index (χ3v) is 5.66. The van der Waals surface area contributed by atoms with Gasteiger partial charge in [-0.3, -0.25) is 9.89 Å². The average Bonchev–Trinajstić information content (AvgIpc) is 3.24. The number of aromatic nitrogens is 4. The Kier molecular flexibility index (Phi) is 5.67. The van der Waals surface area contributed by atoms with Gasteiger partial charge in [0.1, 0.15) is 18.6 Å². The lowest BCUT2D eigenvalue weighted by molar-refractivity contribution is -0.135. The fraction of sp³-hybridized carbons (Fsp3) is 0.364. The standard InChI is InChI=1S/C22H25N5O2/c1-2-15-3-5-16(6-4-15)21-20(18-7-10-23-14-24-18)22(26-25-21)17-8-11-27(12-9-17)19(29)13-28/h3-7,10,14,17,28H,2,8-9,11-13H2,1H3,(H,25,26). The summed E-state index contributed by atoms with van der Waals surface area (Å²) in [7, 11) is 0. The zero-order chi connectivity index (χ0) is 20.2. The summed E-state index contributed by atoms with van der Waals surface area (Å²) in [5, 5.41) is 17.0. The van der Waals surface area contributed by atoms with Crippen LogP contribution in [0, 0.1) is 0 Å². The predicted octanol–water partition coefficient (Wildman–Crippen LogP) is 2.79.